The summed E-state index contributed by atoms with van der Waals surface area (Å²) < 4.78 is 0. The summed E-state index contributed by atoms with van der Waals surface area (Å²) in [6, 6.07) is 6.51. The van der Waals surface area contributed by atoms with Crippen LogP contribution in [0.1, 0.15) is 36.7 Å². The first kappa shape index (κ1) is 15.0. The molecule has 1 aromatic carbocycles. The summed E-state index contributed by atoms with van der Waals surface area (Å²) in [4.78, 5) is 24.3. The van der Waals surface area contributed by atoms with Gasteiger partial charge in [0.1, 0.15) is 0 Å². The monoisotopic (exact) mass is 264 g/mol. The maximum absolute atomic E-state index is 11.9. The predicted molar refractivity (Wildman–Crippen MR) is 73.2 cm³/mol. The molecule has 2 N–H and O–H groups in total. The lowest BCUT2D eigenvalue weighted by Gasteiger charge is -2.25. The molecule has 0 unspecified atom stereocenters. The van der Waals surface area contributed by atoms with Crippen molar-refractivity contribution in [3.63, 3.8) is 0 Å². The van der Waals surface area contributed by atoms with Gasteiger partial charge in [-0.2, -0.15) is 0 Å². The highest BCUT2D eigenvalue weighted by atomic mass is 16.4. The number of aromatic carboxylic acids is 1. The predicted octanol–water partition coefficient (Wildman–Crippen LogP) is 2.32. The Morgan fingerprint density at radius 3 is 2.26 bits per heavy atom. The lowest BCUT2D eigenvalue weighted by atomic mass is 10.1. The second-order valence-corrected chi connectivity index (χ2v) is 4.54. The zero-order valence-corrected chi connectivity index (χ0v) is 11.5. The Kier molecular flexibility index (Phi) is 5.36. The fourth-order valence-corrected chi connectivity index (χ4v) is 1.79. The maximum Gasteiger partial charge on any atom is 0.335 e. The molecule has 2 amide bonds. The van der Waals surface area contributed by atoms with Crippen molar-refractivity contribution < 1.29 is 14.7 Å². The Morgan fingerprint density at radius 2 is 1.84 bits per heavy atom. The maximum atomic E-state index is 11.9. The van der Waals surface area contributed by atoms with E-state index >= 15 is 0 Å². The Balaban J connectivity index is 2.57. The average molecular weight is 264 g/mol. The Bertz CT molecular complexity index is 441. The highest BCUT2D eigenvalue weighted by Gasteiger charge is 2.13. The van der Waals surface area contributed by atoms with Crippen LogP contribution in [0.5, 0.6) is 0 Å². The number of hydrogen-bond acceptors (Lipinski definition) is 2. The minimum Gasteiger partial charge on any atom is -0.478 e. The van der Waals surface area contributed by atoms with Gasteiger partial charge in [0.05, 0.1) is 5.56 Å². The van der Waals surface area contributed by atoms with Gasteiger partial charge in [-0.15, -0.1) is 0 Å². The SMILES string of the molecule is CCN(C(=O)NCc1ccc(C(=O)O)cc1)C(C)C. The quantitative estimate of drug-likeness (QED) is 0.857. The van der Waals surface area contributed by atoms with Crippen LogP contribution in [-0.2, 0) is 6.54 Å². The standard InChI is InChI=1S/C14H20N2O3/c1-4-16(10(2)3)14(19)15-9-11-5-7-12(8-6-11)13(17)18/h5-8,10H,4,9H2,1-3H3,(H,15,19)(H,17,18). The molecule has 5 heteroatoms. The molecule has 0 heterocycles. The van der Waals surface area contributed by atoms with E-state index in [0.717, 1.165) is 5.56 Å². The third-order valence-electron chi connectivity index (χ3n) is 2.87. The van der Waals surface area contributed by atoms with Gasteiger partial charge >= 0.3 is 12.0 Å². The summed E-state index contributed by atoms with van der Waals surface area (Å²) in [6.45, 7) is 6.90. The fourth-order valence-electron chi connectivity index (χ4n) is 1.79. The first-order chi connectivity index (χ1) is 8.95. The Hall–Kier alpha value is -2.04. The molecule has 1 rings (SSSR count). The van der Waals surface area contributed by atoms with Gasteiger partial charge in [0.15, 0.2) is 0 Å². The largest absolute Gasteiger partial charge is 0.478 e. The first-order valence-corrected chi connectivity index (χ1v) is 6.32. The highest BCUT2D eigenvalue weighted by Crippen LogP contribution is 2.05. The van der Waals surface area contributed by atoms with Crippen LogP contribution in [0.15, 0.2) is 24.3 Å². The van der Waals surface area contributed by atoms with Crippen LogP contribution in [0.3, 0.4) is 0 Å². The number of carboxylic acids is 1. The van der Waals surface area contributed by atoms with Crippen molar-refractivity contribution in [3.8, 4) is 0 Å². The third kappa shape index (κ3) is 4.28. The zero-order valence-electron chi connectivity index (χ0n) is 11.5. The molecule has 0 aliphatic heterocycles. The molecule has 5 nitrogen and oxygen atoms in total. The highest BCUT2D eigenvalue weighted by molar-refractivity contribution is 5.87. The van der Waals surface area contributed by atoms with Crippen molar-refractivity contribution in [2.75, 3.05) is 6.54 Å². The van der Waals surface area contributed by atoms with E-state index in [9.17, 15) is 9.59 Å². The van der Waals surface area contributed by atoms with Crippen molar-refractivity contribution in [2.45, 2.75) is 33.4 Å². The van der Waals surface area contributed by atoms with Crippen LogP contribution in [0.4, 0.5) is 4.79 Å². The number of hydrogen-bond donors (Lipinski definition) is 2. The molecule has 0 bridgehead atoms. The molecule has 0 fully saturated rings. The van der Waals surface area contributed by atoms with Crippen molar-refractivity contribution in [1.29, 1.82) is 0 Å². The van der Waals surface area contributed by atoms with Gasteiger partial charge in [-0.05, 0) is 38.5 Å². The number of urea groups is 1. The molecule has 0 saturated heterocycles. The van der Waals surface area contributed by atoms with Crippen LogP contribution >= 0.6 is 0 Å². The number of carboxylic acid groups (broad SMARTS) is 1. The zero-order chi connectivity index (χ0) is 14.4. The minimum atomic E-state index is -0.951. The van der Waals surface area contributed by atoms with E-state index in [-0.39, 0.29) is 17.6 Å². The van der Waals surface area contributed by atoms with E-state index in [1.54, 1.807) is 17.0 Å². The van der Waals surface area contributed by atoms with E-state index in [2.05, 4.69) is 5.32 Å². The molecule has 0 atom stereocenters. The van der Waals surface area contributed by atoms with E-state index in [0.29, 0.717) is 13.1 Å². The number of benzene rings is 1. The van der Waals surface area contributed by atoms with Gasteiger partial charge < -0.3 is 15.3 Å². The number of amides is 2. The number of carbonyl (C=O) groups excluding carboxylic acids is 1. The molecule has 104 valence electrons. The van der Waals surface area contributed by atoms with Gasteiger partial charge in [0, 0.05) is 19.1 Å². The molecule has 19 heavy (non-hydrogen) atoms. The van der Waals surface area contributed by atoms with Crippen molar-refractivity contribution >= 4 is 12.0 Å². The summed E-state index contributed by atoms with van der Waals surface area (Å²) in [5.74, 6) is -0.951. The second kappa shape index (κ2) is 6.78. The normalized spacial score (nSPS) is 10.3. The Labute approximate surface area is 113 Å². The third-order valence-corrected chi connectivity index (χ3v) is 2.87. The lowest BCUT2D eigenvalue weighted by molar-refractivity contribution is 0.0697. The molecule has 0 saturated carbocycles. The van der Waals surface area contributed by atoms with Crippen LogP contribution in [-0.4, -0.2) is 34.6 Å². The van der Waals surface area contributed by atoms with Crippen molar-refractivity contribution in [1.82, 2.24) is 10.2 Å². The summed E-state index contributed by atoms with van der Waals surface area (Å²) in [5, 5.41) is 11.6. The molecule has 0 aliphatic rings. The summed E-state index contributed by atoms with van der Waals surface area (Å²) in [6.07, 6.45) is 0. The number of nitrogens with zero attached hydrogens (tertiary/aromatic N) is 1. The summed E-state index contributed by atoms with van der Waals surface area (Å²) in [5.41, 5.74) is 1.12. The lowest BCUT2D eigenvalue weighted by Crippen LogP contribution is -2.43. The van der Waals surface area contributed by atoms with Crippen LogP contribution < -0.4 is 5.32 Å². The van der Waals surface area contributed by atoms with E-state index in [1.807, 2.05) is 20.8 Å². The molecule has 0 spiro atoms. The Morgan fingerprint density at radius 1 is 1.26 bits per heavy atom. The molecule has 1 aromatic rings. The fraction of sp³-hybridized carbons (Fsp3) is 0.429. The molecule has 0 aliphatic carbocycles. The smallest absolute Gasteiger partial charge is 0.335 e. The molecule has 0 aromatic heterocycles. The summed E-state index contributed by atoms with van der Waals surface area (Å²) >= 11 is 0. The molecular formula is C14H20N2O3. The number of carbonyl (C=O) groups is 2. The summed E-state index contributed by atoms with van der Waals surface area (Å²) in [7, 11) is 0. The van der Waals surface area contributed by atoms with Crippen LogP contribution in [0, 0.1) is 0 Å². The topological polar surface area (TPSA) is 69.6 Å². The molecular weight excluding hydrogens is 244 g/mol. The van der Waals surface area contributed by atoms with Crippen molar-refractivity contribution in [3.05, 3.63) is 35.4 Å². The van der Waals surface area contributed by atoms with Gasteiger partial charge in [-0.25, -0.2) is 9.59 Å². The van der Waals surface area contributed by atoms with Crippen LogP contribution in [0.25, 0.3) is 0 Å². The second-order valence-electron chi connectivity index (χ2n) is 4.54. The van der Waals surface area contributed by atoms with E-state index < -0.39 is 5.97 Å². The minimum absolute atomic E-state index is 0.111. The van der Waals surface area contributed by atoms with Gasteiger partial charge in [-0.3, -0.25) is 0 Å². The van der Waals surface area contributed by atoms with Crippen LogP contribution in [0.2, 0.25) is 0 Å². The number of rotatable bonds is 5. The van der Waals surface area contributed by atoms with Gasteiger partial charge in [0.2, 0.25) is 0 Å². The average Bonchev–Trinajstić information content (AvgIpc) is 2.37. The first-order valence-electron chi connectivity index (χ1n) is 6.32. The van der Waals surface area contributed by atoms with E-state index in [4.69, 9.17) is 5.11 Å². The van der Waals surface area contributed by atoms with Gasteiger partial charge in [0.25, 0.3) is 0 Å². The van der Waals surface area contributed by atoms with E-state index in [1.165, 1.54) is 12.1 Å². The number of nitrogens with one attached hydrogen (secondary N) is 1. The van der Waals surface area contributed by atoms with Gasteiger partial charge in [-0.1, -0.05) is 12.1 Å². The molecule has 0 radical (unpaired) electrons. The van der Waals surface area contributed by atoms with Crippen molar-refractivity contribution in [2.24, 2.45) is 0 Å².